The molecule has 0 aromatic carbocycles. The fraction of sp³-hybridized carbons (Fsp3) is 0.846. The van der Waals surface area contributed by atoms with Gasteiger partial charge in [0, 0.05) is 33.9 Å². The number of guanidine groups is 1. The third-order valence-corrected chi connectivity index (χ3v) is 3.20. The summed E-state index contributed by atoms with van der Waals surface area (Å²) >= 11 is 0. The molecule has 1 heterocycles. The number of carbonyl (C=O) groups excluding carboxylic acids is 1. The van der Waals surface area contributed by atoms with Crippen molar-refractivity contribution >= 4 is 11.9 Å². The Hall–Kier alpha value is -1.34. The van der Waals surface area contributed by atoms with Crippen LogP contribution in [-0.4, -0.2) is 64.5 Å². The van der Waals surface area contributed by atoms with Gasteiger partial charge in [0.15, 0.2) is 5.96 Å². The van der Waals surface area contributed by atoms with Crippen LogP contribution in [0.15, 0.2) is 4.99 Å². The van der Waals surface area contributed by atoms with Crippen molar-refractivity contribution in [3.63, 3.8) is 0 Å². The van der Waals surface area contributed by atoms with E-state index >= 15 is 0 Å². The van der Waals surface area contributed by atoms with E-state index in [4.69, 9.17) is 9.47 Å². The second-order valence-corrected chi connectivity index (χ2v) is 5.02. The highest BCUT2D eigenvalue weighted by Crippen LogP contribution is 2.23. The maximum absolute atomic E-state index is 11.5. The van der Waals surface area contributed by atoms with Crippen molar-refractivity contribution in [3.05, 3.63) is 0 Å². The molecule has 0 radical (unpaired) electrons. The largest absolute Gasteiger partial charge is 0.383 e. The first-order chi connectivity index (χ1) is 9.59. The van der Waals surface area contributed by atoms with Crippen molar-refractivity contribution in [1.82, 2.24) is 16.0 Å². The number of ether oxygens (including phenoxy) is 2. The zero-order valence-corrected chi connectivity index (χ0v) is 12.6. The van der Waals surface area contributed by atoms with Crippen LogP contribution in [0, 0.1) is 0 Å². The topological polar surface area (TPSA) is 84.0 Å². The Morgan fingerprint density at radius 2 is 2.20 bits per heavy atom. The van der Waals surface area contributed by atoms with Gasteiger partial charge in [-0.25, -0.2) is 0 Å². The summed E-state index contributed by atoms with van der Waals surface area (Å²) in [6, 6.07) is 0. The monoisotopic (exact) mass is 286 g/mol. The fourth-order valence-electron chi connectivity index (χ4n) is 1.99. The number of hydrogen-bond acceptors (Lipinski definition) is 4. The summed E-state index contributed by atoms with van der Waals surface area (Å²) in [5.41, 5.74) is -0.141. The SMILES string of the molecule is CN=C(NCC(=O)NCCOC)NCC1(C)CCCO1. The molecule has 0 bridgehead atoms. The van der Waals surface area contributed by atoms with Crippen LogP contribution in [0.3, 0.4) is 0 Å². The molecule has 0 aromatic rings. The number of carbonyl (C=O) groups is 1. The predicted octanol–water partition coefficient (Wildman–Crippen LogP) is -0.517. The van der Waals surface area contributed by atoms with Crippen molar-refractivity contribution in [2.45, 2.75) is 25.4 Å². The van der Waals surface area contributed by atoms with E-state index in [1.54, 1.807) is 14.2 Å². The van der Waals surface area contributed by atoms with E-state index in [0.29, 0.717) is 25.7 Å². The van der Waals surface area contributed by atoms with Gasteiger partial charge in [0.25, 0.3) is 0 Å². The van der Waals surface area contributed by atoms with E-state index in [0.717, 1.165) is 19.4 Å². The van der Waals surface area contributed by atoms with Gasteiger partial charge in [0.2, 0.25) is 5.91 Å². The van der Waals surface area contributed by atoms with Crippen LogP contribution in [0.2, 0.25) is 0 Å². The minimum atomic E-state index is -0.141. The molecular weight excluding hydrogens is 260 g/mol. The summed E-state index contributed by atoms with van der Waals surface area (Å²) in [5, 5.41) is 8.89. The molecule has 20 heavy (non-hydrogen) atoms. The molecule has 0 saturated carbocycles. The first-order valence-corrected chi connectivity index (χ1v) is 6.94. The fourth-order valence-corrected chi connectivity index (χ4v) is 1.99. The standard InChI is InChI=1S/C13H26N4O3/c1-13(5-4-7-20-13)10-17-12(14-2)16-9-11(18)15-6-8-19-3/h4-10H2,1-3H3,(H,15,18)(H2,14,16,17). The maximum atomic E-state index is 11.5. The number of nitrogens with zero attached hydrogens (tertiary/aromatic N) is 1. The lowest BCUT2D eigenvalue weighted by atomic mass is 10.0. The summed E-state index contributed by atoms with van der Waals surface area (Å²) in [6.45, 7) is 4.77. The number of hydrogen-bond donors (Lipinski definition) is 3. The number of aliphatic imine (C=N–C) groups is 1. The van der Waals surface area contributed by atoms with Crippen LogP contribution >= 0.6 is 0 Å². The van der Waals surface area contributed by atoms with Crippen LogP contribution in [0.4, 0.5) is 0 Å². The van der Waals surface area contributed by atoms with Crippen LogP contribution in [-0.2, 0) is 14.3 Å². The van der Waals surface area contributed by atoms with Crippen LogP contribution in [0.1, 0.15) is 19.8 Å². The third-order valence-electron chi connectivity index (χ3n) is 3.20. The summed E-state index contributed by atoms with van der Waals surface area (Å²) in [6.07, 6.45) is 2.13. The maximum Gasteiger partial charge on any atom is 0.239 e. The molecule has 1 aliphatic heterocycles. The smallest absolute Gasteiger partial charge is 0.239 e. The molecule has 1 amide bonds. The van der Waals surface area contributed by atoms with E-state index in [9.17, 15) is 4.79 Å². The van der Waals surface area contributed by atoms with Gasteiger partial charge in [-0.2, -0.15) is 0 Å². The minimum Gasteiger partial charge on any atom is -0.383 e. The molecule has 1 unspecified atom stereocenters. The van der Waals surface area contributed by atoms with E-state index < -0.39 is 0 Å². The lowest BCUT2D eigenvalue weighted by molar-refractivity contribution is -0.120. The van der Waals surface area contributed by atoms with Gasteiger partial charge in [-0.15, -0.1) is 0 Å². The summed E-state index contributed by atoms with van der Waals surface area (Å²) in [7, 11) is 3.28. The predicted molar refractivity (Wildman–Crippen MR) is 77.8 cm³/mol. The number of nitrogens with one attached hydrogen (secondary N) is 3. The van der Waals surface area contributed by atoms with Crippen LogP contribution in [0.5, 0.6) is 0 Å². The molecule has 0 spiro atoms. The first kappa shape index (κ1) is 16.7. The van der Waals surface area contributed by atoms with E-state index in [-0.39, 0.29) is 18.1 Å². The highest BCUT2D eigenvalue weighted by atomic mass is 16.5. The van der Waals surface area contributed by atoms with E-state index in [1.165, 1.54) is 0 Å². The van der Waals surface area contributed by atoms with Crippen molar-refractivity contribution in [3.8, 4) is 0 Å². The van der Waals surface area contributed by atoms with Gasteiger partial charge in [0.1, 0.15) is 0 Å². The van der Waals surface area contributed by atoms with Crippen molar-refractivity contribution in [2.24, 2.45) is 4.99 Å². The molecule has 1 rings (SSSR count). The molecule has 0 aliphatic carbocycles. The molecule has 7 nitrogen and oxygen atoms in total. The molecular formula is C13H26N4O3. The Morgan fingerprint density at radius 1 is 1.40 bits per heavy atom. The van der Waals surface area contributed by atoms with Gasteiger partial charge in [-0.3, -0.25) is 9.79 Å². The molecule has 1 saturated heterocycles. The molecule has 1 aliphatic rings. The lowest BCUT2D eigenvalue weighted by Crippen LogP contribution is -2.48. The Morgan fingerprint density at radius 3 is 2.80 bits per heavy atom. The van der Waals surface area contributed by atoms with Gasteiger partial charge < -0.3 is 25.4 Å². The normalized spacial score (nSPS) is 22.6. The van der Waals surface area contributed by atoms with Gasteiger partial charge in [-0.05, 0) is 19.8 Å². The second-order valence-electron chi connectivity index (χ2n) is 5.02. The van der Waals surface area contributed by atoms with Crippen LogP contribution < -0.4 is 16.0 Å². The van der Waals surface area contributed by atoms with Crippen molar-refractivity contribution in [1.29, 1.82) is 0 Å². The Kier molecular flexibility index (Phi) is 7.32. The van der Waals surface area contributed by atoms with Gasteiger partial charge in [0.05, 0.1) is 18.8 Å². The van der Waals surface area contributed by atoms with Crippen LogP contribution in [0.25, 0.3) is 0 Å². The van der Waals surface area contributed by atoms with Gasteiger partial charge in [-0.1, -0.05) is 0 Å². The van der Waals surface area contributed by atoms with E-state index in [2.05, 4.69) is 27.9 Å². The average molecular weight is 286 g/mol. The molecule has 7 heteroatoms. The summed E-state index contributed by atoms with van der Waals surface area (Å²) < 4.78 is 10.5. The highest BCUT2D eigenvalue weighted by Gasteiger charge is 2.29. The quantitative estimate of drug-likeness (QED) is 0.333. The third kappa shape index (κ3) is 6.21. The zero-order valence-electron chi connectivity index (χ0n) is 12.6. The highest BCUT2D eigenvalue weighted by molar-refractivity contribution is 5.86. The summed E-state index contributed by atoms with van der Waals surface area (Å²) in [5.74, 6) is 0.511. The van der Waals surface area contributed by atoms with Crippen molar-refractivity contribution < 1.29 is 14.3 Å². The van der Waals surface area contributed by atoms with E-state index in [1.807, 2.05) is 0 Å². The Labute approximate surface area is 120 Å². The molecule has 0 aromatic heterocycles. The zero-order chi connectivity index (χ0) is 14.8. The van der Waals surface area contributed by atoms with Crippen molar-refractivity contribution in [2.75, 3.05) is 47.0 Å². The molecule has 1 fully saturated rings. The summed E-state index contributed by atoms with van der Waals surface area (Å²) in [4.78, 5) is 15.6. The first-order valence-electron chi connectivity index (χ1n) is 6.94. The Balaban J connectivity index is 2.21. The Bertz CT molecular complexity index is 328. The molecule has 1 atom stereocenters. The minimum absolute atomic E-state index is 0.0895. The number of rotatable bonds is 7. The van der Waals surface area contributed by atoms with Gasteiger partial charge >= 0.3 is 0 Å². The second kappa shape index (κ2) is 8.76. The molecule has 116 valence electrons. The average Bonchev–Trinajstić information content (AvgIpc) is 2.86. The molecule has 3 N–H and O–H groups in total. The number of methoxy groups -OCH3 is 1. The lowest BCUT2D eigenvalue weighted by Gasteiger charge is -2.24. The number of amides is 1.